The van der Waals surface area contributed by atoms with Crippen LogP contribution in [0.5, 0.6) is 0 Å². The van der Waals surface area contributed by atoms with Crippen molar-refractivity contribution in [3.05, 3.63) is 29.8 Å². The minimum Gasteiger partial charge on any atom is -0.481 e. The molecule has 18 heavy (non-hydrogen) atoms. The average Bonchev–Trinajstić information content (AvgIpc) is 3.05. The van der Waals surface area contributed by atoms with E-state index in [1.165, 1.54) is 0 Å². The Hall–Kier alpha value is -1.84. The molecule has 0 radical (unpaired) electrons. The standard InChI is InChI=1S/C14H17NO3/c1-9-8-12(9)14(18)15-11-5-2-10(3-6-11)4-7-13(16)17/h2-3,5-6,9,12H,4,7-8H2,1H3,(H,15,18)(H,16,17). The Morgan fingerprint density at radius 3 is 2.44 bits per heavy atom. The molecular formula is C14H17NO3. The van der Waals surface area contributed by atoms with E-state index in [4.69, 9.17) is 5.11 Å². The van der Waals surface area contributed by atoms with E-state index in [0.29, 0.717) is 12.3 Å². The van der Waals surface area contributed by atoms with Crippen LogP contribution in [0.3, 0.4) is 0 Å². The van der Waals surface area contributed by atoms with Crippen LogP contribution < -0.4 is 5.32 Å². The molecule has 96 valence electrons. The van der Waals surface area contributed by atoms with Gasteiger partial charge in [0.1, 0.15) is 0 Å². The van der Waals surface area contributed by atoms with Gasteiger partial charge in [0.2, 0.25) is 5.91 Å². The summed E-state index contributed by atoms with van der Waals surface area (Å²) in [6.45, 7) is 2.07. The van der Waals surface area contributed by atoms with Crippen LogP contribution in [0, 0.1) is 11.8 Å². The predicted molar refractivity (Wildman–Crippen MR) is 68.3 cm³/mol. The molecule has 2 atom stereocenters. The van der Waals surface area contributed by atoms with Crippen molar-refractivity contribution in [1.82, 2.24) is 0 Å². The zero-order valence-electron chi connectivity index (χ0n) is 10.3. The number of aryl methyl sites for hydroxylation is 1. The molecular weight excluding hydrogens is 230 g/mol. The summed E-state index contributed by atoms with van der Waals surface area (Å²) in [6, 6.07) is 7.36. The molecule has 4 nitrogen and oxygen atoms in total. The second-order valence-corrected chi connectivity index (χ2v) is 4.90. The number of benzene rings is 1. The van der Waals surface area contributed by atoms with Gasteiger partial charge in [-0.15, -0.1) is 0 Å². The van der Waals surface area contributed by atoms with Crippen LogP contribution in [0.25, 0.3) is 0 Å². The summed E-state index contributed by atoms with van der Waals surface area (Å²) in [6.07, 6.45) is 1.62. The van der Waals surface area contributed by atoms with Crippen molar-refractivity contribution in [2.45, 2.75) is 26.2 Å². The number of amides is 1. The highest BCUT2D eigenvalue weighted by molar-refractivity contribution is 5.94. The number of hydrogen-bond acceptors (Lipinski definition) is 2. The van der Waals surface area contributed by atoms with E-state index in [1.807, 2.05) is 24.3 Å². The van der Waals surface area contributed by atoms with E-state index >= 15 is 0 Å². The summed E-state index contributed by atoms with van der Waals surface area (Å²) >= 11 is 0. The first kappa shape index (κ1) is 12.6. The highest BCUT2D eigenvalue weighted by Crippen LogP contribution is 2.38. The van der Waals surface area contributed by atoms with Crippen molar-refractivity contribution in [2.24, 2.45) is 11.8 Å². The van der Waals surface area contributed by atoms with Gasteiger partial charge in [0.25, 0.3) is 0 Å². The molecule has 2 N–H and O–H groups in total. The molecule has 0 aliphatic heterocycles. The number of carboxylic acid groups (broad SMARTS) is 1. The Labute approximate surface area is 106 Å². The van der Waals surface area contributed by atoms with Crippen LogP contribution in [0.15, 0.2) is 24.3 Å². The number of aliphatic carboxylic acids is 1. The van der Waals surface area contributed by atoms with E-state index < -0.39 is 5.97 Å². The molecule has 1 fully saturated rings. The topological polar surface area (TPSA) is 66.4 Å². The van der Waals surface area contributed by atoms with Crippen molar-refractivity contribution in [1.29, 1.82) is 0 Å². The third-order valence-corrected chi connectivity index (χ3v) is 3.30. The third-order valence-electron chi connectivity index (χ3n) is 3.30. The lowest BCUT2D eigenvalue weighted by Gasteiger charge is -2.05. The summed E-state index contributed by atoms with van der Waals surface area (Å²) in [5.41, 5.74) is 1.74. The first-order chi connectivity index (χ1) is 8.56. The molecule has 0 saturated heterocycles. The van der Waals surface area contributed by atoms with Crippen LogP contribution in [0.4, 0.5) is 5.69 Å². The minimum absolute atomic E-state index is 0.0841. The molecule has 1 amide bonds. The van der Waals surface area contributed by atoms with Crippen molar-refractivity contribution < 1.29 is 14.7 Å². The lowest BCUT2D eigenvalue weighted by Crippen LogP contribution is -2.14. The normalized spacial score (nSPS) is 21.4. The van der Waals surface area contributed by atoms with Gasteiger partial charge in [-0.25, -0.2) is 0 Å². The van der Waals surface area contributed by atoms with E-state index in [1.54, 1.807) is 0 Å². The molecule has 2 unspecified atom stereocenters. The summed E-state index contributed by atoms with van der Waals surface area (Å²) < 4.78 is 0. The van der Waals surface area contributed by atoms with Gasteiger partial charge in [0, 0.05) is 18.0 Å². The van der Waals surface area contributed by atoms with Crippen LogP contribution in [-0.2, 0) is 16.0 Å². The molecule has 0 heterocycles. The number of nitrogens with one attached hydrogen (secondary N) is 1. The highest BCUT2D eigenvalue weighted by atomic mass is 16.4. The average molecular weight is 247 g/mol. The van der Waals surface area contributed by atoms with Gasteiger partial charge in [-0.2, -0.15) is 0 Å². The van der Waals surface area contributed by atoms with Crippen LogP contribution in [0.1, 0.15) is 25.3 Å². The minimum atomic E-state index is -0.796. The number of hydrogen-bond donors (Lipinski definition) is 2. The van der Waals surface area contributed by atoms with Crippen LogP contribution in [-0.4, -0.2) is 17.0 Å². The molecule has 0 spiro atoms. The smallest absolute Gasteiger partial charge is 0.303 e. The van der Waals surface area contributed by atoms with Gasteiger partial charge in [-0.05, 0) is 36.5 Å². The Morgan fingerprint density at radius 1 is 1.33 bits per heavy atom. The van der Waals surface area contributed by atoms with E-state index in [-0.39, 0.29) is 18.2 Å². The summed E-state index contributed by atoms with van der Waals surface area (Å²) in [5.74, 6) is -0.0487. The first-order valence-electron chi connectivity index (χ1n) is 6.18. The fourth-order valence-electron chi connectivity index (χ4n) is 1.93. The van der Waals surface area contributed by atoms with E-state index in [9.17, 15) is 9.59 Å². The van der Waals surface area contributed by atoms with Crippen molar-refractivity contribution in [3.8, 4) is 0 Å². The first-order valence-corrected chi connectivity index (χ1v) is 6.18. The molecule has 0 aromatic heterocycles. The number of rotatable bonds is 5. The molecule has 4 heteroatoms. The third kappa shape index (κ3) is 3.32. The number of anilines is 1. The maximum Gasteiger partial charge on any atom is 0.303 e. The van der Waals surface area contributed by atoms with Crippen LogP contribution >= 0.6 is 0 Å². The van der Waals surface area contributed by atoms with Crippen molar-refractivity contribution >= 4 is 17.6 Å². The van der Waals surface area contributed by atoms with Gasteiger partial charge in [0.15, 0.2) is 0 Å². The zero-order chi connectivity index (χ0) is 13.1. The Morgan fingerprint density at radius 2 is 1.94 bits per heavy atom. The second-order valence-electron chi connectivity index (χ2n) is 4.90. The monoisotopic (exact) mass is 247 g/mol. The molecule has 1 aromatic rings. The lowest BCUT2D eigenvalue weighted by molar-refractivity contribution is -0.137. The Bertz CT molecular complexity index is 453. The Balaban J connectivity index is 1.87. The van der Waals surface area contributed by atoms with Gasteiger partial charge in [0.05, 0.1) is 0 Å². The number of carboxylic acids is 1. The summed E-state index contributed by atoms with van der Waals surface area (Å²) in [4.78, 5) is 22.1. The zero-order valence-corrected chi connectivity index (χ0v) is 10.3. The molecule has 0 bridgehead atoms. The summed E-state index contributed by atoms with van der Waals surface area (Å²) in [5, 5.41) is 11.5. The molecule has 2 rings (SSSR count). The van der Waals surface area contributed by atoms with Gasteiger partial charge in [-0.3, -0.25) is 9.59 Å². The van der Waals surface area contributed by atoms with E-state index in [0.717, 1.165) is 17.7 Å². The highest BCUT2D eigenvalue weighted by Gasteiger charge is 2.38. The number of carbonyl (C=O) groups is 2. The largest absolute Gasteiger partial charge is 0.481 e. The SMILES string of the molecule is CC1CC1C(=O)Nc1ccc(CCC(=O)O)cc1. The fourth-order valence-corrected chi connectivity index (χ4v) is 1.93. The Kier molecular flexibility index (Phi) is 3.65. The van der Waals surface area contributed by atoms with Gasteiger partial charge < -0.3 is 10.4 Å². The van der Waals surface area contributed by atoms with E-state index in [2.05, 4.69) is 12.2 Å². The fraction of sp³-hybridized carbons (Fsp3) is 0.429. The lowest BCUT2D eigenvalue weighted by atomic mass is 10.1. The molecule has 1 aromatic carbocycles. The molecule has 1 saturated carbocycles. The van der Waals surface area contributed by atoms with Crippen molar-refractivity contribution in [2.75, 3.05) is 5.32 Å². The maximum atomic E-state index is 11.7. The predicted octanol–water partition coefficient (Wildman–Crippen LogP) is 2.30. The second kappa shape index (κ2) is 5.21. The number of carbonyl (C=O) groups excluding carboxylic acids is 1. The van der Waals surface area contributed by atoms with Gasteiger partial charge in [-0.1, -0.05) is 19.1 Å². The summed E-state index contributed by atoms with van der Waals surface area (Å²) in [7, 11) is 0. The molecule has 1 aliphatic carbocycles. The van der Waals surface area contributed by atoms with Crippen molar-refractivity contribution in [3.63, 3.8) is 0 Å². The molecule has 1 aliphatic rings. The maximum absolute atomic E-state index is 11.7. The quantitative estimate of drug-likeness (QED) is 0.839. The van der Waals surface area contributed by atoms with Gasteiger partial charge >= 0.3 is 5.97 Å². The van der Waals surface area contributed by atoms with Crippen LogP contribution in [0.2, 0.25) is 0 Å².